The standard InChI is InChI=1S/C15H24BrNO/c1-12(2)17-10-6-7-13(3)18-11-14-8-4-5-9-15(14)16/h4-5,8-9,12-13,17H,6-7,10-11H2,1-3H3. The average molecular weight is 314 g/mol. The van der Waals surface area contributed by atoms with E-state index in [1.54, 1.807) is 0 Å². The first-order valence-electron chi connectivity index (χ1n) is 6.68. The molecule has 0 saturated heterocycles. The predicted molar refractivity (Wildman–Crippen MR) is 80.8 cm³/mol. The second kappa shape index (κ2) is 8.68. The summed E-state index contributed by atoms with van der Waals surface area (Å²) in [5.74, 6) is 0. The van der Waals surface area contributed by atoms with E-state index in [-0.39, 0.29) is 0 Å². The van der Waals surface area contributed by atoms with Crippen molar-refractivity contribution >= 4 is 15.9 Å². The Hall–Kier alpha value is -0.380. The minimum atomic E-state index is 0.311. The third kappa shape index (κ3) is 6.53. The molecule has 1 aromatic rings. The molecule has 102 valence electrons. The number of nitrogens with one attached hydrogen (secondary N) is 1. The van der Waals surface area contributed by atoms with Crippen LogP contribution >= 0.6 is 15.9 Å². The smallest absolute Gasteiger partial charge is 0.0731 e. The highest BCUT2D eigenvalue weighted by Crippen LogP contribution is 2.17. The molecule has 0 amide bonds. The van der Waals surface area contributed by atoms with Crippen LogP contribution < -0.4 is 5.32 Å². The maximum atomic E-state index is 5.86. The van der Waals surface area contributed by atoms with Gasteiger partial charge in [0, 0.05) is 10.5 Å². The molecule has 1 aromatic carbocycles. The van der Waals surface area contributed by atoms with Crippen LogP contribution in [0, 0.1) is 0 Å². The summed E-state index contributed by atoms with van der Waals surface area (Å²) < 4.78 is 6.98. The minimum absolute atomic E-state index is 0.311. The largest absolute Gasteiger partial charge is 0.374 e. The van der Waals surface area contributed by atoms with Crippen molar-refractivity contribution in [3.8, 4) is 0 Å². The van der Waals surface area contributed by atoms with Gasteiger partial charge in [0.2, 0.25) is 0 Å². The molecule has 0 heterocycles. The quantitative estimate of drug-likeness (QED) is 0.728. The summed E-state index contributed by atoms with van der Waals surface area (Å²) in [5.41, 5.74) is 1.21. The fourth-order valence-electron chi connectivity index (χ4n) is 1.71. The zero-order valence-corrected chi connectivity index (χ0v) is 13.2. The second-order valence-corrected chi connectivity index (χ2v) is 5.82. The molecule has 1 atom stereocenters. The highest BCUT2D eigenvalue weighted by Gasteiger charge is 2.04. The van der Waals surface area contributed by atoms with Gasteiger partial charge in [0.05, 0.1) is 12.7 Å². The van der Waals surface area contributed by atoms with Crippen LogP contribution in [0.4, 0.5) is 0 Å². The van der Waals surface area contributed by atoms with Gasteiger partial charge in [-0.05, 0) is 37.9 Å². The fourth-order valence-corrected chi connectivity index (χ4v) is 2.11. The van der Waals surface area contributed by atoms with E-state index in [2.05, 4.69) is 54.2 Å². The topological polar surface area (TPSA) is 21.3 Å². The number of benzene rings is 1. The van der Waals surface area contributed by atoms with E-state index in [1.165, 1.54) is 5.56 Å². The summed E-state index contributed by atoms with van der Waals surface area (Å²) in [4.78, 5) is 0. The van der Waals surface area contributed by atoms with Crippen LogP contribution in [0.15, 0.2) is 28.7 Å². The van der Waals surface area contributed by atoms with Crippen LogP contribution in [-0.2, 0) is 11.3 Å². The molecule has 1 N–H and O–H groups in total. The highest BCUT2D eigenvalue weighted by atomic mass is 79.9. The lowest BCUT2D eigenvalue weighted by molar-refractivity contribution is 0.0460. The van der Waals surface area contributed by atoms with Gasteiger partial charge in [0.25, 0.3) is 0 Å². The van der Waals surface area contributed by atoms with Gasteiger partial charge in [-0.3, -0.25) is 0 Å². The normalized spacial score (nSPS) is 12.9. The molecule has 0 aliphatic carbocycles. The average Bonchev–Trinajstić information content (AvgIpc) is 2.33. The number of ether oxygens (including phenoxy) is 1. The first kappa shape index (κ1) is 15.7. The van der Waals surface area contributed by atoms with Crippen molar-refractivity contribution in [2.24, 2.45) is 0 Å². The molecule has 0 aliphatic heterocycles. The molecule has 1 unspecified atom stereocenters. The van der Waals surface area contributed by atoms with Gasteiger partial charge in [-0.1, -0.05) is 48.0 Å². The van der Waals surface area contributed by atoms with Crippen molar-refractivity contribution in [2.75, 3.05) is 6.54 Å². The monoisotopic (exact) mass is 313 g/mol. The molecule has 0 aliphatic rings. The molecule has 1 rings (SSSR count). The minimum Gasteiger partial charge on any atom is -0.374 e. The van der Waals surface area contributed by atoms with Crippen molar-refractivity contribution in [2.45, 2.75) is 52.4 Å². The first-order valence-corrected chi connectivity index (χ1v) is 7.47. The predicted octanol–water partition coefficient (Wildman–Crippen LogP) is 4.13. The third-order valence-electron chi connectivity index (χ3n) is 2.82. The van der Waals surface area contributed by atoms with Gasteiger partial charge in [-0.2, -0.15) is 0 Å². The van der Waals surface area contributed by atoms with Crippen LogP contribution in [0.1, 0.15) is 39.2 Å². The Balaban J connectivity index is 2.17. The van der Waals surface area contributed by atoms with Crippen molar-refractivity contribution in [3.05, 3.63) is 34.3 Å². The lowest BCUT2D eigenvalue weighted by atomic mass is 10.2. The molecule has 0 bridgehead atoms. The molecule has 3 heteroatoms. The summed E-state index contributed by atoms with van der Waals surface area (Å²) in [6, 6.07) is 8.78. The van der Waals surface area contributed by atoms with Crippen LogP contribution in [-0.4, -0.2) is 18.7 Å². The summed E-state index contributed by atoms with van der Waals surface area (Å²) in [6.45, 7) is 8.24. The van der Waals surface area contributed by atoms with Crippen molar-refractivity contribution in [1.82, 2.24) is 5.32 Å². The Morgan fingerprint density at radius 1 is 1.22 bits per heavy atom. The molecule has 0 saturated carbocycles. The van der Waals surface area contributed by atoms with E-state index < -0.39 is 0 Å². The van der Waals surface area contributed by atoms with E-state index in [0.29, 0.717) is 18.8 Å². The van der Waals surface area contributed by atoms with Gasteiger partial charge < -0.3 is 10.1 Å². The van der Waals surface area contributed by atoms with Crippen LogP contribution in [0.5, 0.6) is 0 Å². The van der Waals surface area contributed by atoms with Gasteiger partial charge in [-0.15, -0.1) is 0 Å². The van der Waals surface area contributed by atoms with Gasteiger partial charge in [0.15, 0.2) is 0 Å². The van der Waals surface area contributed by atoms with E-state index in [1.807, 2.05) is 12.1 Å². The maximum absolute atomic E-state index is 5.86. The van der Waals surface area contributed by atoms with Gasteiger partial charge in [0.1, 0.15) is 0 Å². The number of hydrogen-bond acceptors (Lipinski definition) is 2. The second-order valence-electron chi connectivity index (χ2n) is 4.96. The molecule has 2 nitrogen and oxygen atoms in total. The Morgan fingerprint density at radius 2 is 1.94 bits per heavy atom. The lowest BCUT2D eigenvalue weighted by Crippen LogP contribution is -2.24. The molecule has 0 fully saturated rings. The van der Waals surface area contributed by atoms with Crippen molar-refractivity contribution in [1.29, 1.82) is 0 Å². The summed E-state index contributed by atoms with van der Waals surface area (Å²) in [6.07, 6.45) is 2.57. The fraction of sp³-hybridized carbons (Fsp3) is 0.600. The molecule has 0 aromatic heterocycles. The highest BCUT2D eigenvalue weighted by molar-refractivity contribution is 9.10. The maximum Gasteiger partial charge on any atom is 0.0731 e. The molecular weight excluding hydrogens is 290 g/mol. The van der Waals surface area contributed by atoms with Crippen LogP contribution in [0.25, 0.3) is 0 Å². The van der Waals surface area contributed by atoms with E-state index >= 15 is 0 Å². The zero-order valence-electron chi connectivity index (χ0n) is 11.6. The van der Waals surface area contributed by atoms with Crippen molar-refractivity contribution < 1.29 is 4.74 Å². The number of hydrogen-bond donors (Lipinski definition) is 1. The number of rotatable bonds is 8. The molecule has 0 spiro atoms. The van der Waals surface area contributed by atoms with Gasteiger partial charge in [-0.25, -0.2) is 0 Å². The summed E-state index contributed by atoms with van der Waals surface area (Å²) >= 11 is 3.54. The van der Waals surface area contributed by atoms with E-state index in [9.17, 15) is 0 Å². The molecular formula is C15H24BrNO. The van der Waals surface area contributed by atoms with Gasteiger partial charge >= 0.3 is 0 Å². The van der Waals surface area contributed by atoms with E-state index in [4.69, 9.17) is 4.74 Å². The third-order valence-corrected chi connectivity index (χ3v) is 3.59. The number of halogens is 1. The molecule has 0 radical (unpaired) electrons. The molecule has 18 heavy (non-hydrogen) atoms. The summed E-state index contributed by atoms with van der Waals surface area (Å²) in [7, 11) is 0. The Bertz CT molecular complexity index is 341. The van der Waals surface area contributed by atoms with Crippen molar-refractivity contribution in [3.63, 3.8) is 0 Å². The zero-order chi connectivity index (χ0) is 13.4. The van der Waals surface area contributed by atoms with Crippen LogP contribution in [0.3, 0.4) is 0 Å². The Labute approximate surface area is 119 Å². The van der Waals surface area contributed by atoms with E-state index in [0.717, 1.165) is 23.9 Å². The first-order chi connectivity index (χ1) is 8.59. The summed E-state index contributed by atoms with van der Waals surface area (Å²) in [5, 5.41) is 3.42. The lowest BCUT2D eigenvalue weighted by Gasteiger charge is -2.14. The van der Waals surface area contributed by atoms with Crippen LogP contribution in [0.2, 0.25) is 0 Å². The Morgan fingerprint density at radius 3 is 2.61 bits per heavy atom. The Kier molecular flexibility index (Phi) is 7.56. The SMILES string of the molecule is CC(C)NCCCC(C)OCc1ccccc1Br.